The number of nitrogens with one attached hydrogen (secondary N) is 1. The van der Waals surface area contributed by atoms with Gasteiger partial charge in [-0.05, 0) is 52.0 Å². The molecule has 0 spiro atoms. The molecule has 0 saturated carbocycles. The third-order valence-electron chi connectivity index (χ3n) is 6.46. The molecule has 1 aliphatic rings. The van der Waals surface area contributed by atoms with Crippen molar-refractivity contribution in [3.63, 3.8) is 0 Å². The fraction of sp³-hybridized carbons (Fsp3) is 0.500. The number of carbonyl (C=O) groups excluding carboxylic acids is 1. The first-order chi connectivity index (χ1) is 20.6. The van der Waals surface area contributed by atoms with E-state index in [1.54, 1.807) is 43.5 Å². The van der Waals surface area contributed by atoms with Crippen molar-refractivity contribution in [3.8, 4) is 22.9 Å². The summed E-state index contributed by atoms with van der Waals surface area (Å²) in [6.07, 6.45) is 1.90. The number of aliphatic imine (C=N–C) groups is 1. The van der Waals surface area contributed by atoms with E-state index >= 15 is 0 Å². The van der Waals surface area contributed by atoms with Gasteiger partial charge in [-0.1, -0.05) is 52.5 Å². The number of halogens is 3. The van der Waals surface area contributed by atoms with E-state index in [-0.39, 0.29) is 25.3 Å². The molecule has 3 rings (SSSR count). The zero-order valence-electron chi connectivity index (χ0n) is 26.4. The summed E-state index contributed by atoms with van der Waals surface area (Å²) in [7, 11) is 1.52. The molecule has 2 aromatic heterocycles. The number of amides is 2. The predicted molar refractivity (Wildman–Crippen MR) is 168 cm³/mol. The minimum Gasteiger partial charge on any atom is -0.494 e. The zero-order valence-corrected chi connectivity index (χ0v) is 26.4. The van der Waals surface area contributed by atoms with Crippen LogP contribution in [0.5, 0.6) is 11.6 Å². The highest BCUT2D eigenvalue weighted by Gasteiger charge is 2.30. The molecule has 0 fully saturated rings. The van der Waals surface area contributed by atoms with E-state index < -0.39 is 30.7 Å². The predicted octanol–water partition coefficient (Wildman–Crippen LogP) is 8.71. The molecule has 4 bridgehead atoms. The van der Waals surface area contributed by atoms with Crippen LogP contribution in [0.15, 0.2) is 42.1 Å². The monoisotopic (exact) mass is 605 g/mol. The molecule has 1 aliphatic heterocycles. The lowest BCUT2D eigenvalue weighted by molar-refractivity contribution is -0.136. The molecule has 11 heteroatoms. The van der Waals surface area contributed by atoms with Crippen LogP contribution in [0.25, 0.3) is 17.3 Å². The number of ether oxygens (including phenoxy) is 2. The summed E-state index contributed by atoms with van der Waals surface area (Å²) in [4.78, 5) is 28.0. The van der Waals surface area contributed by atoms with E-state index in [4.69, 9.17) is 9.47 Å². The van der Waals surface area contributed by atoms with Gasteiger partial charge in [0.25, 0.3) is 0 Å². The van der Waals surface area contributed by atoms with Gasteiger partial charge >= 0.3 is 12.2 Å². The number of methoxy groups -OCH3 is 1. The molecule has 238 valence electrons. The van der Waals surface area contributed by atoms with Gasteiger partial charge < -0.3 is 19.7 Å². The van der Waals surface area contributed by atoms with Gasteiger partial charge in [0.1, 0.15) is 11.4 Å². The molecule has 3 heterocycles. The highest BCUT2D eigenvalue weighted by Crippen LogP contribution is 2.38. The normalized spacial score (nSPS) is 17.8. The molecule has 0 aliphatic carbocycles. The maximum absolute atomic E-state index is 13.3. The van der Waals surface area contributed by atoms with Crippen LogP contribution in [0.1, 0.15) is 84.5 Å². The lowest BCUT2D eigenvalue weighted by atomic mass is 10.0. The second kappa shape index (κ2) is 18.6. The average Bonchev–Trinajstić information content (AvgIpc) is 3.01. The number of urea groups is 1. The number of alkyl halides is 3. The first kappa shape index (κ1) is 37.1. The van der Waals surface area contributed by atoms with E-state index in [0.29, 0.717) is 46.9 Å². The Hall–Kier alpha value is -3.89. The molecule has 8 nitrogen and oxygen atoms in total. The van der Waals surface area contributed by atoms with Gasteiger partial charge in [-0.2, -0.15) is 13.2 Å². The summed E-state index contributed by atoms with van der Waals surface area (Å²) in [6.45, 7) is 19.7. The fourth-order valence-corrected chi connectivity index (χ4v) is 4.34. The Morgan fingerprint density at radius 3 is 2.51 bits per heavy atom. The number of hydrogen-bond acceptors (Lipinski definition) is 6. The summed E-state index contributed by atoms with van der Waals surface area (Å²) >= 11 is 0. The molecule has 2 atom stereocenters. The molecule has 0 radical (unpaired) electrons. The number of pyridine rings is 2. The first-order valence-electron chi connectivity index (χ1n) is 14.7. The quantitative estimate of drug-likeness (QED) is 0.263. The van der Waals surface area contributed by atoms with Crippen molar-refractivity contribution in [3.05, 3.63) is 48.3 Å². The van der Waals surface area contributed by atoms with Crippen molar-refractivity contribution in [1.82, 2.24) is 20.2 Å². The lowest BCUT2D eigenvalue weighted by Crippen LogP contribution is -2.46. The highest BCUT2D eigenvalue weighted by molar-refractivity contribution is 5.78. The SMILES string of the molecule is C=Cc1cc2nc(c1N=C)OCC/C=C/CC(CCC(F)(F)F)NC(=O)N(CC)C(C)c1cc-2c(OC)cn1.CC.CC. The van der Waals surface area contributed by atoms with Crippen LogP contribution in [-0.4, -0.2) is 60.1 Å². The number of nitrogens with zero attached hydrogens (tertiary/aromatic N) is 4. The van der Waals surface area contributed by atoms with Gasteiger partial charge in [-0.15, -0.1) is 0 Å². The molecule has 43 heavy (non-hydrogen) atoms. The van der Waals surface area contributed by atoms with Gasteiger partial charge in [0.15, 0.2) is 0 Å². The minimum absolute atomic E-state index is 0.235. The second-order valence-corrected chi connectivity index (χ2v) is 9.03. The molecule has 2 aromatic rings. The van der Waals surface area contributed by atoms with Crippen molar-refractivity contribution < 1.29 is 27.4 Å². The van der Waals surface area contributed by atoms with E-state index in [1.165, 1.54) is 12.0 Å². The number of aromatic nitrogens is 2. The first-order valence-corrected chi connectivity index (χ1v) is 14.7. The average molecular weight is 606 g/mol. The number of rotatable bonds is 6. The largest absolute Gasteiger partial charge is 0.494 e. The molecule has 2 unspecified atom stereocenters. The maximum atomic E-state index is 13.3. The minimum atomic E-state index is -4.32. The lowest BCUT2D eigenvalue weighted by Gasteiger charge is -2.30. The Balaban J connectivity index is 0.00000221. The smallest absolute Gasteiger partial charge is 0.389 e. The fourth-order valence-electron chi connectivity index (χ4n) is 4.34. The van der Waals surface area contributed by atoms with Crippen LogP contribution in [0.2, 0.25) is 0 Å². The van der Waals surface area contributed by atoms with Crippen LogP contribution in [0.4, 0.5) is 23.7 Å². The van der Waals surface area contributed by atoms with Gasteiger partial charge in [-0.3, -0.25) is 9.98 Å². The Morgan fingerprint density at radius 1 is 1.23 bits per heavy atom. The second-order valence-electron chi connectivity index (χ2n) is 9.03. The van der Waals surface area contributed by atoms with Crippen LogP contribution in [0, 0.1) is 0 Å². The summed E-state index contributed by atoms with van der Waals surface area (Å²) < 4.78 is 50.4. The Morgan fingerprint density at radius 2 is 1.93 bits per heavy atom. The van der Waals surface area contributed by atoms with Crippen LogP contribution in [-0.2, 0) is 0 Å². The van der Waals surface area contributed by atoms with Gasteiger partial charge in [0.05, 0.1) is 37.3 Å². The molecule has 0 saturated heterocycles. The third kappa shape index (κ3) is 10.7. The van der Waals surface area contributed by atoms with E-state index in [2.05, 4.69) is 33.6 Å². The topological polar surface area (TPSA) is 88.9 Å². The van der Waals surface area contributed by atoms with Crippen molar-refractivity contribution >= 4 is 24.5 Å². The van der Waals surface area contributed by atoms with Crippen LogP contribution in [0.3, 0.4) is 0 Å². The summed E-state index contributed by atoms with van der Waals surface area (Å²) in [5.41, 5.74) is 2.79. The third-order valence-corrected chi connectivity index (χ3v) is 6.46. The van der Waals surface area contributed by atoms with E-state index in [9.17, 15) is 18.0 Å². The molecular formula is C32H46F3N5O3. The molecular weight excluding hydrogens is 559 g/mol. The van der Waals surface area contributed by atoms with Gasteiger partial charge in [0.2, 0.25) is 5.88 Å². The Bertz CT molecular complexity index is 1220. The van der Waals surface area contributed by atoms with Gasteiger partial charge in [0, 0.05) is 30.1 Å². The van der Waals surface area contributed by atoms with Crippen LogP contribution < -0.4 is 14.8 Å². The van der Waals surface area contributed by atoms with Crippen molar-refractivity contribution in [2.24, 2.45) is 4.99 Å². The van der Waals surface area contributed by atoms with Crippen molar-refractivity contribution in [2.45, 2.75) is 85.5 Å². The van der Waals surface area contributed by atoms with Crippen molar-refractivity contribution in [1.29, 1.82) is 0 Å². The number of fused-ring (bicyclic) bond motifs is 5. The maximum Gasteiger partial charge on any atom is 0.389 e. The Labute approximate surface area is 254 Å². The molecule has 1 N–H and O–H groups in total. The zero-order chi connectivity index (χ0) is 32.6. The summed E-state index contributed by atoms with van der Waals surface area (Å²) in [5, 5.41) is 2.79. The molecule has 2 amide bonds. The van der Waals surface area contributed by atoms with Gasteiger partial charge in [-0.25, -0.2) is 9.78 Å². The summed E-state index contributed by atoms with van der Waals surface area (Å²) in [5.74, 6) is 0.720. The highest BCUT2D eigenvalue weighted by atomic mass is 19.4. The van der Waals surface area contributed by atoms with E-state index in [0.717, 1.165) is 0 Å². The number of carbonyl (C=O) groups is 1. The summed E-state index contributed by atoms with van der Waals surface area (Å²) in [6, 6.07) is 1.90. The van der Waals surface area contributed by atoms with Crippen molar-refractivity contribution in [2.75, 3.05) is 20.3 Å². The number of hydrogen-bond donors (Lipinski definition) is 1. The van der Waals surface area contributed by atoms with Crippen LogP contribution >= 0.6 is 0 Å². The Kier molecular flexibility index (Phi) is 16.1. The molecule has 0 aromatic carbocycles. The van der Waals surface area contributed by atoms with E-state index in [1.807, 2.05) is 34.6 Å². The standard InChI is InChI=1S/C28H34F3N5O3.2C2H6/c1-6-19-15-23-21-16-22(33-17-24(21)38-5)18(3)36(7-2)27(37)34-20(12-13-28(29,30)31)11-9-8-10-14-39-26(35-23)25(19)32-4;2*1-2/h6,8-9,15-18,20H,1,4,7,10-14H2,2-3,5H3,(H,34,37);2*1-2H3/b9-8+;;.